The summed E-state index contributed by atoms with van der Waals surface area (Å²) >= 11 is 18.1. The van der Waals surface area contributed by atoms with E-state index < -0.39 is 0 Å². The first-order chi connectivity index (χ1) is 10.5. The molecule has 2 aromatic carbocycles. The van der Waals surface area contributed by atoms with Crippen molar-refractivity contribution in [3.05, 3.63) is 57.7 Å². The van der Waals surface area contributed by atoms with E-state index in [-0.39, 0.29) is 12.5 Å². The molecule has 1 heterocycles. The third kappa shape index (κ3) is 2.61. The first kappa shape index (κ1) is 15.4. The van der Waals surface area contributed by atoms with Gasteiger partial charge in [0.2, 0.25) is 5.91 Å². The van der Waals surface area contributed by atoms with Crippen LogP contribution in [0.25, 0.3) is 22.0 Å². The molecule has 0 amide bonds. The summed E-state index contributed by atoms with van der Waals surface area (Å²) in [7, 11) is 0. The highest BCUT2D eigenvalue weighted by molar-refractivity contribution is 6.42. The normalized spacial score (nSPS) is 11.1. The van der Waals surface area contributed by atoms with Gasteiger partial charge in [0.15, 0.2) is 0 Å². The van der Waals surface area contributed by atoms with Crippen LogP contribution in [-0.2, 0) is 0 Å². The molecule has 22 heavy (non-hydrogen) atoms. The van der Waals surface area contributed by atoms with Gasteiger partial charge in [-0.3, -0.25) is 9.36 Å². The van der Waals surface area contributed by atoms with Gasteiger partial charge in [0.1, 0.15) is 0 Å². The topological polar surface area (TPSA) is 48.0 Å². The van der Waals surface area contributed by atoms with E-state index >= 15 is 0 Å². The first-order valence-electron chi connectivity index (χ1n) is 6.50. The van der Waals surface area contributed by atoms with Gasteiger partial charge in [-0.2, -0.15) is 0 Å². The fourth-order valence-corrected chi connectivity index (χ4v) is 2.87. The number of benzene rings is 2. The Hall–Kier alpha value is -1.52. The van der Waals surface area contributed by atoms with Gasteiger partial charge in [-0.05, 0) is 35.9 Å². The van der Waals surface area contributed by atoms with E-state index in [2.05, 4.69) is 0 Å². The molecule has 0 radical (unpaired) electrons. The van der Waals surface area contributed by atoms with Crippen molar-refractivity contribution in [1.82, 2.24) is 4.57 Å². The molecular formula is C16H11Cl3N2O. The quantitative estimate of drug-likeness (QED) is 0.714. The molecule has 0 aliphatic rings. The van der Waals surface area contributed by atoms with Crippen LogP contribution >= 0.6 is 34.8 Å². The number of fused-ring (bicyclic) bond motifs is 1. The second kappa shape index (κ2) is 5.94. The number of nitrogens with zero attached hydrogens (tertiary/aromatic N) is 1. The number of hydrogen-bond donors (Lipinski definition) is 1. The molecule has 0 fully saturated rings. The number of rotatable bonds is 2. The molecule has 6 heteroatoms. The molecule has 0 saturated heterocycles. The Morgan fingerprint density at radius 3 is 2.50 bits per heavy atom. The van der Waals surface area contributed by atoms with E-state index in [1.54, 1.807) is 30.5 Å². The molecule has 3 aromatic rings. The maximum atomic E-state index is 12.0. The predicted molar refractivity (Wildman–Crippen MR) is 92.1 cm³/mol. The summed E-state index contributed by atoms with van der Waals surface area (Å²) in [6, 6.07) is 10.7. The predicted octanol–water partition coefficient (Wildman–Crippen LogP) is 4.87. The summed E-state index contributed by atoms with van der Waals surface area (Å²) < 4.78 is 1.53. The van der Waals surface area contributed by atoms with E-state index in [0.717, 1.165) is 22.0 Å². The number of halogens is 3. The van der Waals surface area contributed by atoms with Gasteiger partial charge in [-0.25, -0.2) is 0 Å². The smallest absolute Gasteiger partial charge is 0.244 e. The van der Waals surface area contributed by atoms with Crippen LogP contribution in [-0.4, -0.2) is 17.0 Å². The lowest BCUT2D eigenvalue weighted by molar-refractivity contribution is 0.0929. The lowest BCUT2D eigenvalue weighted by Gasteiger charge is -2.02. The fourth-order valence-electron chi connectivity index (χ4n) is 2.40. The minimum Gasteiger partial charge on any atom is -0.322 e. The highest BCUT2D eigenvalue weighted by Gasteiger charge is 2.15. The van der Waals surface area contributed by atoms with Crippen LogP contribution in [0.2, 0.25) is 15.1 Å². The SMILES string of the molecule is NCC(=O)n1cc(-c2ccc(Cl)c(Cl)c2)c2cc(Cl)ccc21. The molecule has 1 aromatic heterocycles. The third-order valence-electron chi connectivity index (χ3n) is 3.44. The highest BCUT2D eigenvalue weighted by atomic mass is 35.5. The second-order valence-electron chi connectivity index (χ2n) is 4.80. The van der Waals surface area contributed by atoms with Crippen LogP contribution in [0.5, 0.6) is 0 Å². The summed E-state index contributed by atoms with van der Waals surface area (Å²) in [4.78, 5) is 12.0. The van der Waals surface area contributed by atoms with Gasteiger partial charge in [-0.15, -0.1) is 0 Å². The number of aromatic nitrogens is 1. The fraction of sp³-hybridized carbons (Fsp3) is 0.0625. The van der Waals surface area contributed by atoms with Gasteiger partial charge in [0.05, 0.1) is 22.1 Å². The summed E-state index contributed by atoms with van der Waals surface area (Å²) in [5.74, 6) is -0.196. The van der Waals surface area contributed by atoms with Crippen molar-refractivity contribution < 1.29 is 4.79 Å². The molecule has 0 aliphatic carbocycles. The van der Waals surface area contributed by atoms with E-state index in [9.17, 15) is 4.79 Å². The maximum Gasteiger partial charge on any atom is 0.244 e. The van der Waals surface area contributed by atoms with Crippen molar-refractivity contribution in [3.8, 4) is 11.1 Å². The Balaban J connectivity index is 2.30. The van der Waals surface area contributed by atoms with Crippen LogP contribution in [0.3, 0.4) is 0 Å². The standard InChI is InChI=1S/C16H11Cl3N2O/c17-10-2-4-15-11(6-10)12(8-21(15)16(22)7-20)9-1-3-13(18)14(19)5-9/h1-6,8H,7,20H2. The van der Waals surface area contributed by atoms with Crippen molar-refractivity contribution in [2.75, 3.05) is 6.54 Å². The zero-order valence-corrected chi connectivity index (χ0v) is 13.6. The van der Waals surface area contributed by atoms with Gasteiger partial charge in [0, 0.05) is 22.2 Å². The van der Waals surface area contributed by atoms with Crippen LogP contribution in [0.4, 0.5) is 0 Å². The van der Waals surface area contributed by atoms with Gasteiger partial charge in [0.25, 0.3) is 0 Å². The van der Waals surface area contributed by atoms with E-state index in [4.69, 9.17) is 40.5 Å². The van der Waals surface area contributed by atoms with Gasteiger partial charge < -0.3 is 5.73 Å². The molecular weight excluding hydrogens is 343 g/mol. The summed E-state index contributed by atoms with van der Waals surface area (Å²) in [5.41, 5.74) is 7.93. The molecule has 2 N–H and O–H groups in total. The zero-order chi connectivity index (χ0) is 15.9. The average molecular weight is 354 g/mol. The van der Waals surface area contributed by atoms with Crippen molar-refractivity contribution in [2.45, 2.75) is 0 Å². The summed E-state index contributed by atoms with van der Waals surface area (Å²) in [6.07, 6.45) is 1.75. The van der Waals surface area contributed by atoms with Crippen LogP contribution in [0.1, 0.15) is 4.79 Å². The van der Waals surface area contributed by atoms with Crippen molar-refractivity contribution in [2.24, 2.45) is 5.73 Å². The second-order valence-corrected chi connectivity index (χ2v) is 6.05. The lowest BCUT2D eigenvalue weighted by Crippen LogP contribution is -2.20. The molecule has 0 atom stereocenters. The van der Waals surface area contributed by atoms with Crippen LogP contribution < -0.4 is 5.73 Å². The monoisotopic (exact) mass is 352 g/mol. The molecule has 0 aliphatic heterocycles. The third-order valence-corrected chi connectivity index (χ3v) is 4.41. The maximum absolute atomic E-state index is 12.0. The minimum absolute atomic E-state index is 0.0762. The Bertz CT molecular complexity index is 886. The number of carbonyl (C=O) groups is 1. The Kier molecular flexibility index (Phi) is 4.15. The molecule has 0 bridgehead atoms. The van der Waals surface area contributed by atoms with E-state index in [1.807, 2.05) is 12.1 Å². The molecule has 0 spiro atoms. The highest BCUT2D eigenvalue weighted by Crippen LogP contribution is 2.35. The van der Waals surface area contributed by atoms with Gasteiger partial charge in [-0.1, -0.05) is 40.9 Å². The largest absolute Gasteiger partial charge is 0.322 e. The summed E-state index contributed by atoms with van der Waals surface area (Å²) in [6.45, 7) is -0.0762. The molecule has 112 valence electrons. The number of hydrogen-bond acceptors (Lipinski definition) is 2. The Morgan fingerprint density at radius 2 is 1.82 bits per heavy atom. The molecule has 3 nitrogen and oxygen atoms in total. The van der Waals surface area contributed by atoms with E-state index in [1.165, 1.54) is 4.57 Å². The molecule has 0 unspecified atom stereocenters. The van der Waals surface area contributed by atoms with E-state index in [0.29, 0.717) is 15.1 Å². The molecule has 3 rings (SSSR count). The van der Waals surface area contributed by atoms with Crippen molar-refractivity contribution >= 4 is 51.6 Å². The van der Waals surface area contributed by atoms with Crippen molar-refractivity contribution in [1.29, 1.82) is 0 Å². The van der Waals surface area contributed by atoms with Crippen LogP contribution in [0.15, 0.2) is 42.6 Å². The first-order valence-corrected chi connectivity index (χ1v) is 7.64. The number of nitrogens with two attached hydrogens (primary N) is 1. The molecule has 0 saturated carbocycles. The minimum atomic E-state index is -0.196. The van der Waals surface area contributed by atoms with Crippen LogP contribution in [0, 0.1) is 0 Å². The number of carbonyl (C=O) groups excluding carboxylic acids is 1. The summed E-state index contributed by atoms with van der Waals surface area (Å²) in [5, 5.41) is 2.37. The van der Waals surface area contributed by atoms with Gasteiger partial charge >= 0.3 is 0 Å². The zero-order valence-electron chi connectivity index (χ0n) is 11.3. The Morgan fingerprint density at radius 1 is 1.05 bits per heavy atom. The van der Waals surface area contributed by atoms with Crippen molar-refractivity contribution in [3.63, 3.8) is 0 Å². The Labute approximate surface area is 142 Å². The lowest BCUT2D eigenvalue weighted by atomic mass is 10.1. The average Bonchev–Trinajstić information content (AvgIpc) is 2.88.